The second-order valence-corrected chi connectivity index (χ2v) is 3.01. The monoisotopic (exact) mass is 214 g/mol. The molecule has 0 unspecified atom stereocenters. The maximum absolute atomic E-state index is 10.7. The quantitative estimate of drug-likeness (QED) is 0.351. The predicted molar refractivity (Wildman–Crippen MR) is 56.3 cm³/mol. The molecule has 0 heterocycles. The van der Waals surface area contributed by atoms with E-state index in [2.05, 4.69) is 6.58 Å². The molecule has 0 saturated carbocycles. The first-order chi connectivity index (χ1) is 7.20. The van der Waals surface area contributed by atoms with Crippen molar-refractivity contribution in [2.75, 3.05) is 13.2 Å². The van der Waals surface area contributed by atoms with E-state index in [0.717, 1.165) is 25.3 Å². The van der Waals surface area contributed by atoms with E-state index < -0.39 is 5.97 Å². The molecule has 0 saturated heterocycles. The first-order valence-electron chi connectivity index (χ1n) is 5.15. The third-order valence-electron chi connectivity index (χ3n) is 1.75. The Labute approximate surface area is 90.2 Å². The van der Waals surface area contributed by atoms with Gasteiger partial charge in [0, 0.05) is 12.5 Å². The third kappa shape index (κ3) is 9.00. The van der Waals surface area contributed by atoms with Gasteiger partial charge in [0.1, 0.15) is 0 Å². The smallest absolute Gasteiger partial charge is 0.330 e. The van der Waals surface area contributed by atoms with Crippen LogP contribution < -0.4 is 0 Å². The molecule has 0 radical (unpaired) electrons. The number of rotatable bonds is 8. The molecule has 0 aromatic rings. The largest absolute Gasteiger partial charge is 0.466 e. The number of hydrogen-bond donors (Lipinski definition) is 0. The molecule has 0 aromatic heterocycles. The van der Waals surface area contributed by atoms with Gasteiger partial charge in [-0.25, -0.2) is 4.79 Å². The molecule has 0 rings (SSSR count). The Morgan fingerprint density at radius 2 is 1.73 bits per heavy atom. The fourth-order valence-corrected chi connectivity index (χ4v) is 0.901. The number of ether oxygens (including phenoxy) is 2. The first-order valence-corrected chi connectivity index (χ1v) is 5.15. The van der Waals surface area contributed by atoms with E-state index >= 15 is 0 Å². The van der Waals surface area contributed by atoms with Crippen molar-refractivity contribution in [1.29, 1.82) is 0 Å². The van der Waals surface area contributed by atoms with Crippen LogP contribution in [0.25, 0.3) is 0 Å². The van der Waals surface area contributed by atoms with E-state index in [0.29, 0.717) is 19.6 Å². The Kier molecular flexibility index (Phi) is 8.43. The van der Waals surface area contributed by atoms with Crippen LogP contribution in [0.15, 0.2) is 12.7 Å². The lowest BCUT2D eigenvalue weighted by atomic mass is 10.2. The maximum Gasteiger partial charge on any atom is 0.330 e. The van der Waals surface area contributed by atoms with Gasteiger partial charge >= 0.3 is 11.9 Å². The Morgan fingerprint density at radius 1 is 1.13 bits per heavy atom. The van der Waals surface area contributed by atoms with Crippen LogP contribution in [0.2, 0.25) is 0 Å². The summed E-state index contributed by atoms with van der Waals surface area (Å²) in [5.74, 6) is -0.569. The molecule has 0 bridgehead atoms. The summed E-state index contributed by atoms with van der Waals surface area (Å²) in [7, 11) is 0. The van der Waals surface area contributed by atoms with Crippen molar-refractivity contribution in [3.05, 3.63) is 12.7 Å². The summed E-state index contributed by atoms with van der Waals surface area (Å²) < 4.78 is 9.65. The summed E-state index contributed by atoms with van der Waals surface area (Å²) in [4.78, 5) is 21.3. The Morgan fingerprint density at radius 3 is 2.27 bits per heavy atom. The zero-order valence-corrected chi connectivity index (χ0v) is 9.16. The van der Waals surface area contributed by atoms with E-state index in [9.17, 15) is 9.59 Å². The summed E-state index contributed by atoms with van der Waals surface area (Å²) in [6, 6.07) is 0. The second kappa shape index (κ2) is 9.24. The van der Waals surface area contributed by atoms with Crippen LogP contribution in [0.1, 0.15) is 32.6 Å². The van der Waals surface area contributed by atoms with Crippen molar-refractivity contribution in [2.24, 2.45) is 0 Å². The van der Waals surface area contributed by atoms with Gasteiger partial charge in [0.15, 0.2) is 0 Å². The van der Waals surface area contributed by atoms with Gasteiger partial charge in [-0.1, -0.05) is 13.5 Å². The van der Waals surface area contributed by atoms with Gasteiger partial charge < -0.3 is 9.47 Å². The highest BCUT2D eigenvalue weighted by Gasteiger charge is 1.98. The normalized spacial score (nSPS) is 9.40. The SMILES string of the molecule is C=CC(=O)OCCCCCOC(=O)CC. The molecule has 86 valence electrons. The van der Waals surface area contributed by atoms with Gasteiger partial charge in [0.05, 0.1) is 13.2 Å². The van der Waals surface area contributed by atoms with Crippen molar-refractivity contribution < 1.29 is 19.1 Å². The van der Waals surface area contributed by atoms with Crippen molar-refractivity contribution in [3.8, 4) is 0 Å². The van der Waals surface area contributed by atoms with Crippen LogP contribution in [0, 0.1) is 0 Å². The number of hydrogen-bond acceptors (Lipinski definition) is 4. The van der Waals surface area contributed by atoms with Gasteiger partial charge in [0.2, 0.25) is 0 Å². The van der Waals surface area contributed by atoms with Crippen molar-refractivity contribution in [2.45, 2.75) is 32.6 Å². The molecule has 0 aliphatic rings. The molecule has 4 nitrogen and oxygen atoms in total. The minimum Gasteiger partial charge on any atom is -0.466 e. The lowest BCUT2D eigenvalue weighted by Gasteiger charge is -2.03. The minimum atomic E-state index is -0.396. The van der Waals surface area contributed by atoms with E-state index in [4.69, 9.17) is 9.47 Å². The molecule has 0 aliphatic heterocycles. The van der Waals surface area contributed by atoms with Crippen molar-refractivity contribution in [3.63, 3.8) is 0 Å². The summed E-state index contributed by atoms with van der Waals surface area (Å²) in [5, 5.41) is 0. The standard InChI is InChI=1S/C11H18O4/c1-3-10(12)14-8-6-5-7-9-15-11(13)4-2/h3H,1,4-9H2,2H3. The zero-order valence-electron chi connectivity index (χ0n) is 9.16. The topological polar surface area (TPSA) is 52.6 Å². The minimum absolute atomic E-state index is 0.173. The Balaban J connectivity index is 3.15. The van der Waals surface area contributed by atoms with Crippen LogP contribution in [0.3, 0.4) is 0 Å². The molecular formula is C11H18O4. The molecule has 0 N–H and O–H groups in total. The van der Waals surface area contributed by atoms with Crippen LogP contribution in [0.5, 0.6) is 0 Å². The van der Waals surface area contributed by atoms with Crippen molar-refractivity contribution >= 4 is 11.9 Å². The van der Waals surface area contributed by atoms with Crippen molar-refractivity contribution in [1.82, 2.24) is 0 Å². The molecule has 15 heavy (non-hydrogen) atoms. The summed E-state index contributed by atoms with van der Waals surface area (Å²) in [6.07, 6.45) is 4.02. The zero-order chi connectivity index (χ0) is 11.5. The van der Waals surface area contributed by atoms with E-state index in [-0.39, 0.29) is 5.97 Å². The predicted octanol–water partition coefficient (Wildman–Crippen LogP) is 1.84. The molecule has 0 atom stereocenters. The highest BCUT2D eigenvalue weighted by atomic mass is 16.5. The van der Waals surface area contributed by atoms with Gasteiger partial charge in [-0.2, -0.15) is 0 Å². The Bertz CT molecular complexity index is 211. The van der Waals surface area contributed by atoms with Gasteiger partial charge in [0.25, 0.3) is 0 Å². The van der Waals surface area contributed by atoms with Crippen LogP contribution in [-0.4, -0.2) is 25.2 Å². The molecule has 0 aromatic carbocycles. The highest BCUT2D eigenvalue weighted by molar-refractivity contribution is 5.81. The molecule has 4 heteroatoms. The molecule has 0 fully saturated rings. The summed E-state index contributed by atoms with van der Waals surface area (Å²) >= 11 is 0. The van der Waals surface area contributed by atoms with Crippen LogP contribution in [-0.2, 0) is 19.1 Å². The number of unbranched alkanes of at least 4 members (excludes halogenated alkanes) is 2. The molecule has 0 amide bonds. The maximum atomic E-state index is 10.7. The molecule has 0 spiro atoms. The number of esters is 2. The van der Waals surface area contributed by atoms with E-state index in [1.165, 1.54) is 0 Å². The van der Waals surface area contributed by atoms with Gasteiger partial charge in [-0.15, -0.1) is 0 Å². The average Bonchev–Trinajstić information content (AvgIpc) is 2.26. The molecular weight excluding hydrogens is 196 g/mol. The fraction of sp³-hybridized carbons (Fsp3) is 0.636. The lowest BCUT2D eigenvalue weighted by Crippen LogP contribution is -2.05. The van der Waals surface area contributed by atoms with E-state index in [1.54, 1.807) is 6.92 Å². The van der Waals surface area contributed by atoms with Gasteiger partial charge in [-0.05, 0) is 19.3 Å². The number of carbonyl (C=O) groups excluding carboxylic acids is 2. The third-order valence-corrected chi connectivity index (χ3v) is 1.75. The lowest BCUT2D eigenvalue weighted by molar-refractivity contribution is -0.143. The Hall–Kier alpha value is -1.32. The average molecular weight is 214 g/mol. The van der Waals surface area contributed by atoms with Crippen LogP contribution >= 0.6 is 0 Å². The first kappa shape index (κ1) is 13.7. The van der Waals surface area contributed by atoms with E-state index in [1.807, 2.05) is 0 Å². The molecule has 0 aliphatic carbocycles. The fourth-order valence-electron chi connectivity index (χ4n) is 0.901. The number of carbonyl (C=O) groups is 2. The summed E-state index contributed by atoms with van der Waals surface area (Å²) in [5.41, 5.74) is 0. The van der Waals surface area contributed by atoms with Gasteiger partial charge in [-0.3, -0.25) is 4.79 Å². The second-order valence-electron chi connectivity index (χ2n) is 3.01. The summed E-state index contributed by atoms with van der Waals surface area (Å²) in [6.45, 7) is 5.89. The van der Waals surface area contributed by atoms with Crippen LogP contribution in [0.4, 0.5) is 0 Å². The highest BCUT2D eigenvalue weighted by Crippen LogP contribution is 1.98.